The Kier molecular flexibility index (Phi) is 9.24. The first-order valence-corrected chi connectivity index (χ1v) is 10.4. The summed E-state index contributed by atoms with van der Waals surface area (Å²) in [5.41, 5.74) is -0.836. The standard InChI is InChI=1S/C22H23ClF3N3O4/c1-3-28(4-2)11-12-33-20-9-8-17(14-19(20)29(31)32)27-21(30)10-6-15-5-7-16(13-18(15)23)22(24,25)26/h5-10,13-14H,3-4,11-12H2,1-2H3,(H,27,30)/b10-6+. The van der Waals surface area contributed by atoms with Gasteiger partial charge in [0.15, 0.2) is 5.75 Å². The Morgan fingerprint density at radius 3 is 2.48 bits per heavy atom. The highest BCUT2D eigenvalue weighted by Crippen LogP contribution is 2.33. The molecule has 1 N–H and O–H groups in total. The number of halogens is 4. The van der Waals surface area contributed by atoms with Crippen LogP contribution >= 0.6 is 11.6 Å². The van der Waals surface area contributed by atoms with Crippen molar-refractivity contribution in [3.8, 4) is 5.75 Å². The molecular weight excluding hydrogens is 463 g/mol. The highest BCUT2D eigenvalue weighted by Gasteiger charge is 2.30. The summed E-state index contributed by atoms with van der Waals surface area (Å²) in [7, 11) is 0. The Morgan fingerprint density at radius 1 is 1.21 bits per heavy atom. The second-order valence-corrected chi connectivity index (χ2v) is 7.28. The Hall–Kier alpha value is -3.11. The van der Waals surface area contributed by atoms with Gasteiger partial charge in [0.1, 0.15) is 6.61 Å². The van der Waals surface area contributed by atoms with Crippen LogP contribution in [0.4, 0.5) is 24.5 Å². The normalized spacial score (nSPS) is 11.7. The minimum Gasteiger partial charge on any atom is -0.485 e. The maximum absolute atomic E-state index is 12.7. The van der Waals surface area contributed by atoms with Crippen molar-refractivity contribution in [2.24, 2.45) is 0 Å². The average Bonchev–Trinajstić information content (AvgIpc) is 2.75. The summed E-state index contributed by atoms with van der Waals surface area (Å²) in [5.74, 6) is -0.562. The molecule has 7 nitrogen and oxygen atoms in total. The van der Waals surface area contributed by atoms with E-state index in [9.17, 15) is 28.1 Å². The number of anilines is 1. The van der Waals surface area contributed by atoms with Crippen LogP contribution in [0.1, 0.15) is 25.0 Å². The Balaban J connectivity index is 2.07. The monoisotopic (exact) mass is 485 g/mol. The lowest BCUT2D eigenvalue weighted by molar-refractivity contribution is -0.385. The van der Waals surface area contributed by atoms with Crippen molar-refractivity contribution >= 4 is 35.0 Å². The molecule has 0 radical (unpaired) electrons. The topological polar surface area (TPSA) is 84.7 Å². The first-order valence-electron chi connectivity index (χ1n) is 10.0. The fraction of sp³-hybridized carbons (Fsp3) is 0.318. The van der Waals surface area contributed by atoms with Crippen LogP contribution in [-0.2, 0) is 11.0 Å². The Labute approximate surface area is 193 Å². The number of likely N-dealkylation sites (N-methyl/N-ethyl adjacent to an activating group) is 1. The van der Waals surface area contributed by atoms with E-state index in [1.165, 1.54) is 24.3 Å². The first kappa shape index (κ1) is 26.1. The molecule has 0 saturated heterocycles. The number of carbonyl (C=O) groups excluding carboxylic acids is 1. The smallest absolute Gasteiger partial charge is 0.416 e. The van der Waals surface area contributed by atoms with Crippen LogP contribution in [0.25, 0.3) is 6.08 Å². The Morgan fingerprint density at radius 2 is 1.91 bits per heavy atom. The van der Waals surface area contributed by atoms with Crippen LogP contribution in [0.15, 0.2) is 42.5 Å². The summed E-state index contributed by atoms with van der Waals surface area (Å²) in [6.07, 6.45) is -2.22. The number of nitrogens with zero attached hydrogens (tertiary/aromatic N) is 2. The van der Waals surface area contributed by atoms with E-state index in [2.05, 4.69) is 10.2 Å². The van der Waals surface area contributed by atoms with E-state index in [0.717, 1.165) is 37.4 Å². The van der Waals surface area contributed by atoms with Crippen LogP contribution in [0, 0.1) is 10.1 Å². The fourth-order valence-electron chi connectivity index (χ4n) is 2.87. The molecule has 11 heteroatoms. The predicted molar refractivity (Wildman–Crippen MR) is 120 cm³/mol. The maximum Gasteiger partial charge on any atom is 0.416 e. The van der Waals surface area contributed by atoms with Crippen molar-refractivity contribution in [3.05, 3.63) is 68.7 Å². The van der Waals surface area contributed by atoms with Gasteiger partial charge in [0.05, 0.1) is 10.5 Å². The van der Waals surface area contributed by atoms with Gasteiger partial charge in [-0.05, 0) is 49.0 Å². The molecule has 0 fully saturated rings. The minimum atomic E-state index is -4.53. The van der Waals surface area contributed by atoms with Crippen LogP contribution in [0.2, 0.25) is 5.02 Å². The van der Waals surface area contributed by atoms with E-state index in [0.29, 0.717) is 6.54 Å². The number of nitro groups is 1. The highest BCUT2D eigenvalue weighted by atomic mass is 35.5. The zero-order valence-electron chi connectivity index (χ0n) is 18.0. The van der Waals surface area contributed by atoms with Gasteiger partial charge in [-0.3, -0.25) is 14.9 Å². The maximum atomic E-state index is 12.7. The van der Waals surface area contributed by atoms with Gasteiger partial charge in [0.25, 0.3) is 0 Å². The average molecular weight is 486 g/mol. The third-order valence-corrected chi connectivity index (χ3v) is 5.05. The van der Waals surface area contributed by atoms with Gasteiger partial charge in [-0.2, -0.15) is 13.2 Å². The molecule has 0 aliphatic carbocycles. The molecule has 0 atom stereocenters. The molecule has 2 aromatic carbocycles. The number of rotatable bonds is 10. The van der Waals surface area contributed by atoms with Gasteiger partial charge >= 0.3 is 11.9 Å². The van der Waals surface area contributed by atoms with E-state index in [-0.39, 0.29) is 34.3 Å². The number of benzene rings is 2. The molecule has 0 unspecified atom stereocenters. The lowest BCUT2D eigenvalue weighted by Crippen LogP contribution is -2.28. The van der Waals surface area contributed by atoms with Gasteiger partial charge in [0.2, 0.25) is 5.91 Å². The largest absolute Gasteiger partial charge is 0.485 e. The number of nitro benzene ring substituents is 1. The van der Waals surface area contributed by atoms with Gasteiger partial charge in [0, 0.05) is 29.4 Å². The lowest BCUT2D eigenvalue weighted by Gasteiger charge is -2.18. The van der Waals surface area contributed by atoms with E-state index in [1.807, 2.05) is 13.8 Å². The fourth-order valence-corrected chi connectivity index (χ4v) is 3.12. The molecule has 178 valence electrons. The van der Waals surface area contributed by atoms with E-state index in [4.69, 9.17) is 16.3 Å². The third-order valence-electron chi connectivity index (χ3n) is 4.72. The summed E-state index contributed by atoms with van der Waals surface area (Å²) in [6.45, 7) is 6.55. The van der Waals surface area contributed by atoms with Crippen molar-refractivity contribution in [2.45, 2.75) is 20.0 Å². The van der Waals surface area contributed by atoms with E-state index in [1.54, 1.807) is 0 Å². The number of carbonyl (C=O) groups is 1. The van der Waals surface area contributed by atoms with Gasteiger partial charge in [-0.1, -0.05) is 31.5 Å². The van der Waals surface area contributed by atoms with Crippen molar-refractivity contribution < 1.29 is 27.6 Å². The van der Waals surface area contributed by atoms with Crippen molar-refractivity contribution in [2.75, 3.05) is 31.6 Å². The van der Waals surface area contributed by atoms with Crippen molar-refractivity contribution in [1.29, 1.82) is 0 Å². The molecule has 0 spiro atoms. The first-order chi connectivity index (χ1) is 15.5. The molecule has 1 amide bonds. The molecule has 0 saturated carbocycles. The van der Waals surface area contributed by atoms with Gasteiger partial charge in [-0.15, -0.1) is 0 Å². The van der Waals surface area contributed by atoms with Crippen molar-refractivity contribution in [1.82, 2.24) is 4.90 Å². The van der Waals surface area contributed by atoms with Crippen LogP contribution < -0.4 is 10.1 Å². The molecule has 0 aromatic heterocycles. The quantitative estimate of drug-likeness (QED) is 0.267. The van der Waals surface area contributed by atoms with Gasteiger partial charge in [-0.25, -0.2) is 0 Å². The number of amides is 1. The summed E-state index contributed by atoms with van der Waals surface area (Å²) in [5, 5.41) is 13.7. The third kappa shape index (κ3) is 7.76. The number of hydrogen-bond donors (Lipinski definition) is 1. The summed E-state index contributed by atoms with van der Waals surface area (Å²) in [4.78, 5) is 25.1. The number of nitrogens with one attached hydrogen (secondary N) is 1. The molecule has 0 bridgehead atoms. The summed E-state index contributed by atoms with van der Waals surface area (Å²) in [6, 6.07) is 6.78. The van der Waals surface area contributed by atoms with Crippen LogP contribution in [-0.4, -0.2) is 42.0 Å². The highest BCUT2D eigenvalue weighted by molar-refractivity contribution is 6.32. The SMILES string of the molecule is CCN(CC)CCOc1ccc(NC(=O)/C=C/c2ccc(C(F)(F)F)cc2Cl)cc1[N+](=O)[O-]. The molecule has 2 rings (SSSR count). The van der Waals surface area contributed by atoms with Crippen molar-refractivity contribution in [3.63, 3.8) is 0 Å². The second kappa shape index (κ2) is 11.7. The zero-order valence-corrected chi connectivity index (χ0v) is 18.7. The van der Waals surface area contributed by atoms with Gasteiger partial charge < -0.3 is 15.0 Å². The van der Waals surface area contributed by atoms with E-state index < -0.39 is 22.6 Å². The zero-order chi connectivity index (χ0) is 24.6. The molecule has 0 heterocycles. The molecule has 0 aliphatic heterocycles. The number of ether oxygens (including phenoxy) is 1. The lowest BCUT2D eigenvalue weighted by atomic mass is 10.1. The number of hydrogen-bond acceptors (Lipinski definition) is 5. The predicted octanol–water partition coefficient (Wildman–Crippen LogP) is 5.64. The van der Waals surface area contributed by atoms with E-state index >= 15 is 0 Å². The molecule has 33 heavy (non-hydrogen) atoms. The molecule has 0 aliphatic rings. The second-order valence-electron chi connectivity index (χ2n) is 6.87. The molecule has 2 aromatic rings. The number of alkyl halides is 3. The minimum absolute atomic E-state index is 0.0808. The summed E-state index contributed by atoms with van der Waals surface area (Å²) >= 11 is 5.86. The Bertz CT molecular complexity index is 1020. The van der Waals surface area contributed by atoms with Crippen LogP contribution in [0.3, 0.4) is 0 Å². The van der Waals surface area contributed by atoms with Crippen LogP contribution in [0.5, 0.6) is 5.75 Å². The molecular formula is C22H23ClF3N3O4. The summed E-state index contributed by atoms with van der Waals surface area (Å²) < 4.78 is 43.7.